The molecule has 1 amide bonds. The van der Waals surface area contributed by atoms with Crippen LogP contribution in [0.15, 0.2) is 69.0 Å². The van der Waals surface area contributed by atoms with Crippen LogP contribution in [0, 0.1) is 0 Å². The highest BCUT2D eigenvalue weighted by Gasteiger charge is 2.36. The number of aliphatic hydroxyl groups is 1. The Morgan fingerprint density at radius 2 is 2.15 bits per heavy atom. The van der Waals surface area contributed by atoms with Gasteiger partial charge in [-0.05, 0) is 35.7 Å². The predicted molar refractivity (Wildman–Crippen MR) is 101 cm³/mol. The molecule has 3 aromatic heterocycles. The van der Waals surface area contributed by atoms with Crippen molar-refractivity contribution in [2.24, 2.45) is 0 Å². The van der Waals surface area contributed by atoms with Gasteiger partial charge in [-0.1, -0.05) is 18.2 Å². The highest BCUT2D eigenvalue weighted by Crippen LogP contribution is 2.33. The number of furan rings is 2. The SMILES string of the molecule is COc1cccc2cc(C(=O)NC[C@@](O)(c3ccco3)c3cccs3)oc12. The van der Waals surface area contributed by atoms with Crippen LogP contribution in [-0.2, 0) is 5.60 Å². The van der Waals surface area contributed by atoms with Gasteiger partial charge in [0, 0.05) is 10.3 Å². The van der Waals surface area contributed by atoms with E-state index in [0.29, 0.717) is 22.0 Å². The molecule has 0 bridgehead atoms. The summed E-state index contributed by atoms with van der Waals surface area (Å²) in [6, 6.07) is 14.1. The second kappa shape index (κ2) is 6.94. The van der Waals surface area contributed by atoms with E-state index in [1.807, 2.05) is 23.6 Å². The fourth-order valence-electron chi connectivity index (χ4n) is 2.93. The molecule has 0 radical (unpaired) electrons. The van der Waals surface area contributed by atoms with Crippen molar-refractivity contribution in [1.29, 1.82) is 0 Å². The first kappa shape index (κ1) is 17.4. The fraction of sp³-hybridized carbons (Fsp3) is 0.150. The predicted octanol–water partition coefficient (Wildman–Crippen LogP) is 3.76. The Bertz CT molecular complexity index is 1020. The van der Waals surface area contributed by atoms with Crippen LogP contribution in [0.3, 0.4) is 0 Å². The Balaban J connectivity index is 1.59. The number of ether oxygens (including phenoxy) is 1. The summed E-state index contributed by atoms with van der Waals surface area (Å²) in [5.41, 5.74) is -0.957. The van der Waals surface area contributed by atoms with Crippen LogP contribution in [0.2, 0.25) is 0 Å². The Kier molecular flexibility index (Phi) is 4.47. The smallest absolute Gasteiger partial charge is 0.287 e. The van der Waals surface area contributed by atoms with Gasteiger partial charge in [0.1, 0.15) is 5.76 Å². The first-order valence-corrected chi connectivity index (χ1v) is 9.15. The van der Waals surface area contributed by atoms with E-state index >= 15 is 0 Å². The lowest BCUT2D eigenvalue weighted by molar-refractivity contribution is 0.0547. The first-order chi connectivity index (χ1) is 13.1. The standard InChI is InChI=1S/C20H17NO5S/c1-24-14-6-2-5-13-11-15(26-18(13)14)19(22)21-12-20(23,16-7-3-9-25-16)17-8-4-10-27-17/h2-11,23H,12H2,1H3,(H,21,22)/t20-/m1/s1. The summed E-state index contributed by atoms with van der Waals surface area (Å²) < 4.78 is 16.3. The van der Waals surface area contributed by atoms with Crippen molar-refractivity contribution in [3.8, 4) is 5.75 Å². The molecule has 0 unspecified atom stereocenters. The molecule has 3 heterocycles. The zero-order chi connectivity index (χ0) is 18.9. The number of para-hydroxylation sites is 1. The molecule has 0 saturated carbocycles. The normalized spacial score (nSPS) is 13.4. The number of methoxy groups -OCH3 is 1. The van der Waals surface area contributed by atoms with Gasteiger partial charge in [0.25, 0.3) is 5.91 Å². The molecule has 2 N–H and O–H groups in total. The van der Waals surface area contributed by atoms with Gasteiger partial charge >= 0.3 is 0 Å². The number of nitrogens with one attached hydrogen (secondary N) is 1. The number of amides is 1. The van der Waals surface area contributed by atoms with E-state index in [0.717, 1.165) is 5.39 Å². The Morgan fingerprint density at radius 3 is 2.85 bits per heavy atom. The van der Waals surface area contributed by atoms with Crippen molar-refractivity contribution in [2.75, 3.05) is 13.7 Å². The third-order valence-corrected chi connectivity index (χ3v) is 5.33. The van der Waals surface area contributed by atoms with Crippen molar-refractivity contribution < 1.29 is 23.5 Å². The number of fused-ring (bicyclic) bond motifs is 1. The summed E-state index contributed by atoms with van der Waals surface area (Å²) in [5, 5.41) is 16.6. The van der Waals surface area contributed by atoms with Crippen LogP contribution in [0.25, 0.3) is 11.0 Å². The molecule has 0 fully saturated rings. The second-order valence-electron chi connectivity index (χ2n) is 5.99. The van der Waals surface area contributed by atoms with Gasteiger partial charge in [0.2, 0.25) is 0 Å². The molecule has 4 rings (SSSR count). The molecule has 0 aliphatic rings. The molecular formula is C20H17NO5S. The molecule has 0 saturated heterocycles. The minimum absolute atomic E-state index is 0.0615. The molecule has 1 aromatic carbocycles. The minimum atomic E-state index is -1.46. The maximum atomic E-state index is 12.6. The van der Waals surface area contributed by atoms with Crippen molar-refractivity contribution in [2.45, 2.75) is 5.60 Å². The summed E-state index contributed by atoms with van der Waals surface area (Å²) in [5.74, 6) is 0.617. The second-order valence-corrected chi connectivity index (χ2v) is 6.93. The molecular weight excluding hydrogens is 366 g/mol. The average molecular weight is 383 g/mol. The van der Waals surface area contributed by atoms with E-state index in [1.165, 1.54) is 17.6 Å². The molecule has 27 heavy (non-hydrogen) atoms. The van der Waals surface area contributed by atoms with Crippen molar-refractivity contribution in [3.63, 3.8) is 0 Å². The molecule has 4 aromatic rings. The van der Waals surface area contributed by atoms with Crippen LogP contribution in [0.4, 0.5) is 0 Å². The van der Waals surface area contributed by atoms with Gasteiger partial charge in [-0.3, -0.25) is 4.79 Å². The first-order valence-electron chi connectivity index (χ1n) is 8.27. The summed E-state index contributed by atoms with van der Waals surface area (Å²) in [6.45, 7) is -0.0615. The van der Waals surface area contributed by atoms with Crippen molar-refractivity contribution in [1.82, 2.24) is 5.32 Å². The van der Waals surface area contributed by atoms with Gasteiger partial charge in [-0.25, -0.2) is 0 Å². The fourth-order valence-corrected chi connectivity index (χ4v) is 3.76. The maximum absolute atomic E-state index is 12.6. The number of carbonyl (C=O) groups excluding carboxylic acids is 1. The van der Waals surface area contributed by atoms with Crippen LogP contribution >= 0.6 is 11.3 Å². The summed E-state index contributed by atoms with van der Waals surface area (Å²) in [6.07, 6.45) is 1.49. The lowest BCUT2D eigenvalue weighted by Crippen LogP contribution is -2.40. The number of hydrogen-bond acceptors (Lipinski definition) is 6. The van der Waals surface area contributed by atoms with Crippen LogP contribution < -0.4 is 10.1 Å². The number of hydrogen-bond donors (Lipinski definition) is 2. The van der Waals surface area contributed by atoms with Gasteiger partial charge in [0.15, 0.2) is 22.7 Å². The number of thiophene rings is 1. The largest absolute Gasteiger partial charge is 0.493 e. The summed E-state index contributed by atoms with van der Waals surface area (Å²) in [4.78, 5) is 13.3. The molecule has 6 nitrogen and oxygen atoms in total. The number of rotatable bonds is 6. The van der Waals surface area contributed by atoms with E-state index in [9.17, 15) is 9.90 Å². The van der Waals surface area contributed by atoms with E-state index in [4.69, 9.17) is 13.6 Å². The molecule has 1 atom stereocenters. The summed E-state index contributed by atoms with van der Waals surface area (Å²) >= 11 is 1.38. The molecule has 0 aliphatic carbocycles. The zero-order valence-electron chi connectivity index (χ0n) is 14.5. The van der Waals surface area contributed by atoms with E-state index < -0.39 is 11.5 Å². The third kappa shape index (κ3) is 3.11. The molecule has 138 valence electrons. The Hall–Kier alpha value is -3.03. The van der Waals surface area contributed by atoms with Crippen molar-refractivity contribution in [3.05, 3.63) is 76.6 Å². The van der Waals surface area contributed by atoms with Gasteiger partial charge in [-0.15, -0.1) is 11.3 Å². The van der Waals surface area contributed by atoms with Gasteiger partial charge < -0.3 is 24.0 Å². The van der Waals surface area contributed by atoms with Crippen LogP contribution in [0.1, 0.15) is 21.2 Å². The third-order valence-electron chi connectivity index (χ3n) is 4.31. The molecule has 0 spiro atoms. The van der Waals surface area contributed by atoms with Crippen LogP contribution in [0.5, 0.6) is 5.75 Å². The van der Waals surface area contributed by atoms with E-state index in [1.54, 1.807) is 37.4 Å². The quantitative estimate of drug-likeness (QED) is 0.530. The molecule has 7 heteroatoms. The van der Waals surface area contributed by atoms with Crippen LogP contribution in [-0.4, -0.2) is 24.7 Å². The average Bonchev–Trinajstić information content (AvgIpc) is 3.45. The van der Waals surface area contributed by atoms with E-state index in [-0.39, 0.29) is 12.3 Å². The Labute approximate surface area is 159 Å². The minimum Gasteiger partial charge on any atom is -0.493 e. The monoisotopic (exact) mass is 383 g/mol. The zero-order valence-corrected chi connectivity index (χ0v) is 15.3. The topological polar surface area (TPSA) is 84.8 Å². The highest BCUT2D eigenvalue weighted by molar-refractivity contribution is 7.10. The lowest BCUT2D eigenvalue weighted by atomic mass is 9.98. The molecule has 0 aliphatic heterocycles. The Morgan fingerprint density at radius 1 is 1.26 bits per heavy atom. The van der Waals surface area contributed by atoms with Gasteiger partial charge in [0.05, 0.1) is 19.9 Å². The van der Waals surface area contributed by atoms with E-state index in [2.05, 4.69) is 5.32 Å². The lowest BCUT2D eigenvalue weighted by Gasteiger charge is -2.25. The van der Waals surface area contributed by atoms with Gasteiger partial charge in [-0.2, -0.15) is 0 Å². The number of carbonyl (C=O) groups is 1. The van der Waals surface area contributed by atoms with Crippen molar-refractivity contribution >= 4 is 28.2 Å². The maximum Gasteiger partial charge on any atom is 0.287 e. The number of benzene rings is 1. The highest BCUT2D eigenvalue weighted by atomic mass is 32.1. The summed E-state index contributed by atoms with van der Waals surface area (Å²) in [7, 11) is 1.54.